The summed E-state index contributed by atoms with van der Waals surface area (Å²) in [6.07, 6.45) is 0. The van der Waals surface area contributed by atoms with E-state index < -0.39 is 0 Å². The molecule has 0 saturated carbocycles. The maximum Gasteiger partial charge on any atom is 0.159 e. The first-order valence-corrected chi connectivity index (χ1v) is 6.35. The summed E-state index contributed by atoms with van der Waals surface area (Å²) in [5.41, 5.74) is 4.29. The van der Waals surface area contributed by atoms with Gasteiger partial charge in [0.1, 0.15) is 12.4 Å². The summed E-state index contributed by atoms with van der Waals surface area (Å²) in [7, 11) is 0. The van der Waals surface area contributed by atoms with E-state index >= 15 is 0 Å². The van der Waals surface area contributed by atoms with Gasteiger partial charge >= 0.3 is 0 Å². The van der Waals surface area contributed by atoms with Gasteiger partial charge in [0.25, 0.3) is 0 Å². The fraction of sp³-hybridized carbons (Fsp3) is 0.235. The van der Waals surface area contributed by atoms with Gasteiger partial charge in [-0.05, 0) is 38.5 Å². The van der Waals surface area contributed by atoms with Crippen LogP contribution in [0.2, 0.25) is 0 Å². The van der Waals surface area contributed by atoms with Crippen LogP contribution in [-0.4, -0.2) is 5.78 Å². The van der Waals surface area contributed by atoms with Crippen LogP contribution >= 0.6 is 0 Å². The Balaban J connectivity index is 2.10. The first-order chi connectivity index (χ1) is 9.04. The highest BCUT2D eigenvalue weighted by Gasteiger charge is 2.02. The second-order valence-electron chi connectivity index (χ2n) is 4.87. The number of ketones is 1. The topological polar surface area (TPSA) is 26.3 Å². The van der Waals surface area contributed by atoms with Crippen LogP contribution in [0.15, 0.2) is 42.5 Å². The fourth-order valence-electron chi connectivity index (χ4n) is 2.12. The van der Waals surface area contributed by atoms with E-state index in [0.717, 1.165) is 11.3 Å². The van der Waals surface area contributed by atoms with Crippen molar-refractivity contribution < 1.29 is 9.53 Å². The van der Waals surface area contributed by atoms with Gasteiger partial charge in [0.2, 0.25) is 0 Å². The van der Waals surface area contributed by atoms with Crippen LogP contribution in [-0.2, 0) is 6.61 Å². The van der Waals surface area contributed by atoms with Crippen molar-refractivity contribution in [2.24, 2.45) is 0 Å². The van der Waals surface area contributed by atoms with Crippen molar-refractivity contribution in [3.63, 3.8) is 0 Å². The van der Waals surface area contributed by atoms with Crippen LogP contribution in [0.3, 0.4) is 0 Å². The summed E-state index contributed by atoms with van der Waals surface area (Å²) in [4.78, 5) is 11.3. The molecule has 2 aromatic carbocycles. The minimum Gasteiger partial charge on any atom is -0.489 e. The molecule has 0 bridgehead atoms. The normalized spacial score (nSPS) is 10.3. The summed E-state index contributed by atoms with van der Waals surface area (Å²) < 4.78 is 5.74. The molecule has 0 aromatic heterocycles. The van der Waals surface area contributed by atoms with E-state index in [0.29, 0.717) is 12.2 Å². The van der Waals surface area contributed by atoms with Gasteiger partial charge in [0.05, 0.1) is 0 Å². The Morgan fingerprint density at radius 1 is 1.05 bits per heavy atom. The monoisotopic (exact) mass is 254 g/mol. The van der Waals surface area contributed by atoms with Gasteiger partial charge in [-0.15, -0.1) is 0 Å². The quantitative estimate of drug-likeness (QED) is 0.768. The SMILES string of the molecule is CC(=O)c1cccc(OCc2cc(C)cc(C)c2)c1. The average Bonchev–Trinajstić information content (AvgIpc) is 2.35. The lowest BCUT2D eigenvalue weighted by Crippen LogP contribution is -1.98. The molecule has 2 heteroatoms. The van der Waals surface area contributed by atoms with E-state index in [1.165, 1.54) is 11.1 Å². The summed E-state index contributed by atoms with van der Waals surface area (Å²) >= 11 is 0. The molecule has 0 heterocycles. The molecule has 0 saturated heterocycles. The molecule has 0 aliphatic rings. The van der Waals surface area contributed by atoms with Crippen LogP contribution in [0.4, 0.5) is 0 Å². The standard InChI is InChI=1S/C17H18O2/c1-12-7-13(2)9-15(8-12)11-19-17-6-4-5-16(10-17)14(3)18/h4-10H,11H2,1-3H3. The predicted octanol–water partition coefficient (Wildman–Crippen LogP) is 4.09. The zero-order valence-corrected chi connectivity index (χ0v) is 11.6. The highest BCUT2D eigenvalue weighted by molar-refractivity contribution is 5.94. The molecule has 0 atom stereocenters. The van der Waals surface area contributed by atoms with Gasteiger partial charge in [0.15, 0.2) is 5.78 Å². The molecule has 0 aliphatic heterocycles. The van der Waals surface area contributed by atoms with Crippen molar-refractivity contribution in [3.05, 3.63) is 64.7 Å². The lowest BCUT2D eigenvalue weighted by atomic mass is 10.1. The van der Waals surface area contributed by atoms with Crippen LogP contribution in [0.5, 0.6) is 5.75 Å². The fourth-order valence-corrected chi connectivity index (χ4v) is 2.12. The molecular formula is C17H18O2. The van der Waals surface area contributed by atoms with E-state index in [1.807, 2.05) is 12.1 Å². The van der Waals surface area contributed by atoms with Crippen molar-refractivity contribution in [3.8, 4) is 5.75 Å². The van der Waals surface area contributed by atoms with E-state index in [4.69, 9.17) is 4.74 Å². The van der Waals surface area contributed by atoms with Crippen LogP contribution < -0.4 is 4.74 Å². The van der Waals surface area contributed by atoms with Crippen molar-refractivity contribution >= 4 is 5.78 Å². The smallest absolute Gasteiger partial charge is 0.159 e. The zero-order chi connectivity index (χ0) is 13.8. The third-order valence-corrected chi connectivity index (χ3v) is 2.93. The maximum absolute atomic E-state index is 11.3. The summed E-state index contributed by atoms with van der Waals surface area (Å²) in [5, 5.41) is 0. The predicted molar refractivity (Wildman–Crippen MR) is 76.7 cm³/mol. The van der Waals surface area contributed by atoms with E-state index in [9.17, 15) is 4.79 Å². The largest absolute Gasteiger partial charge is 0.489 e. The van der Waals surface area contributed by atoms with Gasteiger partial charge in [-0.1, -0.05) is 41.5 Å². The number of hydrogen-bond donors (Lipinski definition) is 0. The molecule has 0 radical (unpaired) electrons. The number of aryl methyl sites for hydroxylation is 2. The molecule has 0 aliphatic carbocycles. The number of ether oxygens (including phenoxy) is 1. The second-order valence-corrected chi connectivity index (χ2v) is 4.87. The minimum absolute atomic E-state index is 0.0526. The van der Waals surface area contributed by atoms with Gasteiger partial charge in [-0.2, -0.15) is 0 Å². The molecule has 19 heavy (non-hydrogen) atoms. The molecule has 2 nitrogen and oxygen atoms in total. The minimum atomic E-state index is 0.0526. The van der Waals surface area contributed by atoms with E-state index in [-0.39, 0.29) is 5.78 Å². The summed E-state index contributed by atoms with van der Waals surface area (Å²) in [6.45, 7) is 6.23. The number of carbonyl (C=O) groups excluding carboxylic acids is 1. The zero-order valence-electron chi connectivity index (χ0n) is 11.6. The molecule has 2 rings (SSSR count). The summed E-state index contributed by atoms with van der Waals surface area (Å²) in [5.74, 6) is 0.781. The molecule has 0 unspecified atom stereocenters. The van der Waals surface area contributed by atoms with Gasteiger partial charge < -0.3 is 4.74 Å². The molecule has 0 fully saturated rings. The van der Waals surface area contributed by atoms with Crippen molar-refractivity contribution in [1.29, 1.82) is 0 Å². The van der Waals surface area contributed by atoms with E-state index in [1.54, 1.807) is 19.1 Å². The first-order valence-electron chi connectivity index (χ1n) is 6.35. The van der Waals surface area contributed by atoms with Gasteiger partial charge in [0, 0.05) is 5.56 Å². The second kappa shape index (κ2) is 5.70. The Kier molecular flexibility index (Phi) is 4.00. The number of hydrogen-bond acceptors (Lipinski definition) is 2. The van der Waals surface area contributed by atoms with Crippen molar-refractivity contribution in [2.75, 3.05) is 0 Å². The Hall–Kier alpha value is -2.09. The van der Waals surface area contributed by atoms with E-state index in [2.05, 4.69) is 32.0 Å². The molecular weight excluding hydrogens is 236 g/mol. The Morgan fingerprint density at radius 3 is 2.37 bits per heavy atom. The van der Waals surface area contributed by atoms with Crippen LogP contribution in [0.1, 0.15) is 34.0 Å². The number of Topliss-reactive ketones (excluding diaryl/α,β-unsaturated/α-hetero) is 1. The Bertz CT molecular complexity index is 580. The van der Waals surface area contributed by atoms with Gasteiger partial charge in [-0.3, -0.25) is 4.79 Å². The first kappa shape index (κ1) is 13.3. The third-order valence-electron chi connectivity index (χ3n) is 2.93. The summed E-state index contributed by atoms with van der Waals surface area (Å²) in [6, 6.07) is 13.7. The third kappa shape index (κ3) is 3.68. The van der Waals surface area contributed by atoms with Gasteiger partial charge in [-0.25, -0.2) is 0 Å². The van der Waals surface area contributed by atoms with Crippen molar-refractivity contribution in [1.82, 2.24) is 0 Å². The van der Waals surface area contributed by atoms with Crippen molar-refractivity contribution in [2.45, 2.75) is 27.4 Å². The molecule has 0 N–H and O–H groups in total. The van der Waals surface area contributed by atoms with Crippen LogP contribution in [0, 0.1) is 13.8 Å². The Morgan fingerprint density at radius 2 is 1.74 bits per heavy atom. The highest BCUT2D eigenvalue weighted by Crippen LogP contribution is 2.16. The highest BCUT2D eigenvalue weighted by atomic mass is 16.5. The van der Waals surface area contributed by atoms with Crippen LogP contribution in [0.25, 0.3) is 0 Å². The number of carbonyl (C=O) groups is 1. The average molecular weight is 254 g/mol. The number of benzene rings is 2. The Labute approximate surface area is 114 Å². The molecule has 98 valence electrons. The molecule has 0 amide bonds. The lowest BCUT2D eigenvalue weighted by Gasteiger charge is -2.09. The lowest BCUT2D eigenvalue weighted by molar-refractivity contribution is 0.101. The molecule has 0 spiro atoms. The molecule has 2 aromatic rings. The maximum atomic E-state index is 11.3. The number of rotatable bonds is 4.